The van der Waals surface area contributed by atoms with E-state index in [0.717, 1.165) is 0 Å². The summed E-state index contributed by atoms with van der Waals surface area (Å²) in [4.78, 5) is 0. The molecule has 2 nitrogen and oxygen atoms in total. The molecule has 1 saturated heterocycles. The highest BCUT2D eigenvalue weighted by molar-refractivity contribution is 6.92. The second-order valence-electron chi connectivity index (χ2n) is 11.1. The Morgan fingerprint density at radius 1 is 1.03 bits per heavy atom. The molecule has 1 aromatic carbocycles. The van der Waals surface area contributed by atoms with Crippen LogP contribution in [0.25, 0.3) is 0 Å². The number of benzene rings is 1. The summed E-state index contributed by atoms with van der Waals surface area (Å²) < 4.78 is 13.3. The Bertz CT molecular complexity index is 704. The lowest BCUT2D eigenvalue weighted by molar-refractivity contribution is 0.00578. The van der Waals surface area contributed by atoms with Gasteiger partial charge < -0.3 is 9.31 Å². The normalized spacial score (nSPS) is 23.6. The average molecular weight is 427 g/mol. The van der Waals surface area contributed by atoms with Gasteiger partial charge in [0.1, 0.15) is 0 Å². The lowest BCUT2D eigenvalue weighted by Gasteiger charge is -2.37. The quantitative estimate of drug-likeness (QED) is 0.441. The van der Waals surface area contributed by atoms with Crippen LogP contribution in [0.1, 0.15) is 79.6 Å². The Hall–Kier alpha value is -0.838. The van der Waals surface area contributed by atoms with Crippen molar-refractivity contribution in [3.63, 3.8) is 0 Å². The first-order chi connectivity index (χ1) is 14.1. The lowest BCUT2D eigenvalue weighted by Crippen LogP contribution is -2.48. The van der Waals surface area contributed by atoms with Gasteiger partial charge in [0.15, 0.2) is 0 Å². The highest BCUT2D eigenvalue weighted by atomic mass is 28.3. The molecule has 0 N–H and O–H groups in total. The highest BCUT2D eigenvalue weighted by Crippen LogP contribution is 2.45. The zero-order chi connectivity index (χ0) is 22.0. The van der Waals surface area contributed by atoms with E-state index in [1.54, 1.807) is 0 Å². The van der Waals surface area contributed by atoms with Crippen molar-refractivity contribution in [2.75, 3.05) is 0 Å². The molecule has 1 heterocycles. The van der Waals surface area contributed by atoms with E-state index in [4.69, 9.17) is 9.31 Å². The number of hydrogen-bond donors (Lipinski definition) is 0. The number of allylic oxidation sites excluding steroid dienone is 2. The van der Waals surface area contributed by atoms with Crippen molar-refractivity contribution in [1.82, 2.24) is 0 Å². The summed E-state index contributed by atoms with van der Waals surface area (Å²) in [5.41, 5.74) is 1.39. The molecule has 1 aliphatic carbocycles. The van der Waals surface area contributed by atoms with Crippen LogP contribution in [-0.4, -0.2) is 26.4 Å². The van der Waals surface area contributed by atoms with Gasteiger partial charge in [0.05, 0.1) is 19.3 Å². The molecule has 166 valence electrons. The van der Waals surface area contributed by atoms with Crippen LogP contribution in [0.3, 0.4) is 0 Å². The Morgan fingerprint density at radius 2 is 1.60 bits per heavy atom. The second kappa shape index (κ2) is 9.34. The summed E-state index contributed by atoms with van der Waals surface area (Å²) in [5, 5.41) is 1.54. The van der Waals surface area contributed by atoms with Gasteiger partial charge >= 0.3 is 7.12 Å². The van der Waals surface area contributed by atoms with Gasteiger partial charge in [-0.25, -0.2) is 0 Å². The maximum absolute atomic E-state index is 6.66. The molecule has 1 saturated carbocycles. The van der Waals surface area contributed by atoms with Crippen LogP contribution in [0.15, 0.2) is 41.9 Å². The first kappa shape index (κ1) is 23.8. The Labute approximate surface area is 187 Å². The summed E-state index contributed by atoms with van der Waals surface area (Å²) in [7, 11) is -1.98. The molecule has 1 aromatic rings. The summed E-state index contributed by atoms with van der Waals surface area (Å²) in [6.45, 7) is 16.1. The number of hydrogen-bond acceptors (Lipinski definition) is 2. The monoisotopic (exact) mass is 426 g/mol. The molecule has 0 spiro atoms. The van der Waals surface area contributed by atoms with Crippen LogP contribution < -0.4 is 5.19 Å². The fourth-order valence-corrected chi connectivity index (χ4v) is 8.74. The molecule has 0 bridgehead atoms. The fraction of sp³-hybridized carbons (Fsp3) is 0.692. The minimum absolute atomic E-state index is 0.219. The smallest absolute Gasteiger partial charge is 0.400 e. The van der Waals surface area contributed by atoms with Crippen molar-refractivity contribution in [2.45, 2.75) is 109 Å². The van der Waals surface area contributed by atoms with Gasteiger partial charge in [-0.2, -0.15) is 0 Å². The Morgan fingerprint density at radius 3 is 2.13 bits per heavy atom. The third-order valence-corrected chi connectivity index (χ3v) is 12.2. The van der Waals surface area contributed by atoms with Crippen molar-refractivity contribution < 1.29 is 9.31 Å². The fourth-order valence-electron chi connectivity index (χ4n) is 5.21. The molecule has 2 fully saturated rings. The van der Waals surface area contributed by atoms with Crippen LogP contribution in [0.4, 0.5) is 0 Å². The molecule has 30 heavy (non-hydrogen) atoms. The van der Waals surface area contributed by atoms with Gasteiger partial charge in [-0.1, -0.05) is 87.3 Å². The largest absolute Gasteiger partial charge is 0.490 e. The van der Waals surface area contributed by atoms with Crippen LogP contribution in [0.2, 0.25) is 18.6 Å². The molecule has 1 atom stereocenters. The van der Waals surface area contributed by atoms with E-state index in [1.165, 1.54) is 55.6 Å². The van der Waals surface area contributed by atoms with Crippen LogP contribution in [0, 0.1) is 5.92 Å². The highest BCUT2D eigenvalue weighted by Gasteiger charge is 2.54. The second-order valence-corrected chi connectivity index (χ2v) is 15.8. The van der Waals surface area contributed by atoms with Crippen molar-refractivity contribution >= 4 is 20.4 Å². The van der Waals surface area contributed by atoms with E-state index in [9.17, 15) is 0 Å². The predicted molar refractivity (Wildman–Crippen MR) is 133 cm³/mol. The predicted octanol–water partition coefficient (Wildman–Crippen LogP) is 6.91. The van der Waals surface area contributed by atoms with Gasteiger partial charge in [0.2, 0.25) is 0 Å². The van der Waals surface area contributed by atoms with E-state index in [2.05, 4.69) is 84.1 Å². The van der Waals surface area contributed by atoms with E-state index < -0.39 is 8.07 Å². The minimum atomic E-state index is -1.77. The first-order valence-corrected chi connectivity index (χ1v) is 15.3. The van der Waals surface area contributed by atoms with Crippen LogP contribution in [0.5, 0.6) is 0 Å². The van der Waals surface area contributed by atoms with E-state index in [-0.39, 0.29) is 18.3 Å². The van der Waals surface area contributed by atoms with Crippen molar-refractivity contribution in [1.29, 1.82) is 0 Å². The Kier molecular flexibility index (Phi) is 7.42. The van der Waals surface area contributed by atoms with E-state index in [1.807, 2.05) is 0 Å². The summed E-state index contributed by atoms with van der Waals surface area (Å²) >= 11 is 0. The molecule has 3 rings (SSSR count). The van der Waals surface area contributed by atoms with Crippen molar-refractivity contribution in [3.05, 3.63) is 41.9 Å². The van der Waals surface area contributed by atoms with Crippen LogP contribution >= 0.6 is 0 Å². The zero-order valence-electron chi connectivity index (χ0n) is 20.5. The molecule has 0 aromatic heterocycles. The molecule has 1 unspecified atom stereocenters. The minimum Gasteiger partial charge on any atom is -0.400 e. The molecule has 4 heteroatoms. The van der Waals surface area contributed by atoms with Gasteiger partial charge in [0.25, 0.3) is 0 Å². The van der Waals surface area contributed by atoms with Crippen LogP contribution in [-0.2, 0) is 9.31 Å². The molecule has 0 amide bonds. The lowest BCUT2D eigenvalue weighted by atomic mass is 9.72. The summed E-state index contributed by atoms with van der Waals surface area (Å²) in [6.07, 6.45) is 11.7. The average Bonchev–Trinajstić information content (AvgIpc) is 2.93. The maximum atomic E-state index is 6.66. The third-order valence-electron chi connectivity index (χ3n) is 7.97. The molecular formula is C26H43BO2Si. The molecule has 1 aliphatic heterocycles. The van der Waals surface area contributed by atoms with Gasteiger partial charge in [0, 0.05) is 0 Å². The van der Waals surface area contributed by atoms with E-state index >= 15 is 0 Å². The number of rotatable bonds is 7. The Balaban J connectivity index is 2.03. The third kappa shape index (κ3) is 4.97. The standard InChI is InChI=1S/C26H43BO2Si/c1-8-15-24(30(6,7)22-18-13-10-14-19-22)23(20-21-16-11-9-12-17-21)27-28-25(2,3)26(4,5)29-27/h10,13-14,18-21,24H,8-9,11-12,15-17H2,1-7H3/b23-20-. The van der Waals surface area contributed by atoms with E-state index in [0.29, 0.717) is 11.5 Å². The first-order valence-electron chi connectivity index (χ1n) is 12.2. The van der Waals surface area contributed by atoms with Gasteiger partial charge in [-0.15, -0.1) is 0 Å². The summed E-state index contributed by atoms with van der Waals surface area (Å²) in [6, 6.07) is 11.2. The van der Waals surface area contributed by atoms with Gasteiger partial charge in [-0.05, 0) is 63.9 Å². The topological polar surface area (TPSA) is 18.5 Å². The molecular weight excluding hydrogens is 383 g/mol. The SMILES string of the molecule is CCCC(/C(=C/C1CCCCC1)B1OC(C)(C)C(C)(C)O1)[Si](C)(C)c1ccccc1. The zero-order valence-corrected chi connectivity index (χ0v) is 21.5. The summed E-state index contributed by atoms with van der Waals surface area (Å²) in [5.74, 6) is 0.674. The van der Waals surface area contributed by atoms with Gasteiger partial charge in [-0.3, -0.25) is 0 Å². The maximum Gasteiger partial charge on any atom is 0.490 e. The molecule has 0 radical (unpaired) electrons. The van der Waals surface area contributed by atoms with Crippen molar-refractivity contribution in [2.24, 2.45) is 5.92 Å². The molecule has 2 aliphatic rings. The van der Waals surface area contributed by atoms with Crippen molar-refractivity contribution in [3.8, 4) is 0 Å².